The lowest BCUT2D eigenvalue weighted by atomic mass is 9.64. The Kier molecular flexibility index (Phi) is 4.84. The van der Waals surface area contributed by atoms with Crippen molar-refractivity contribution in [1.29, 1.82) is 0 Å². The smallest absolute Gasteiger partial charge is 0.319 e. The molecule has 1 aliphatic carbocycles. The van der Waals surface area contributed by atoms with Crippen molar-refractivity contribution in [2.24, 2.45) is 18.4 Å². The number of anilines is 1. The van der Waals surface area contributed by atoms with Crippen LogP contribution in [0.2, 0.25) is 0 Å². The Morgan fingerprint density at radius 3 is 2.74 bits per heavy atom. The second-order valence-corrected chi connectivity index (χ2v) is 7.71. The molecule has 0 saturated heterocycles. The number of carbonyl (C=O) groups is 1. The molecule has 2 rings (SSSR count). The minimum atomic E-state index is -0.648. The van der Waals surface area contributed by atoms with Crippen LogP contribution in [0.5, 0.6) is 0 Å². The average molecular weight is 321 g/mol. The molecule has 1 aromatic heterocycles. The van der Waals surface area contributed by atoms with Crippen molar-refractivity contribution in [2.75, 3.05) is 11.9 Å². The van der Waals surface area contributed by atoms with Gasteiger partial charge in [-0.3, -0.25) is 4.79 Å². The summed E-state index contributed by atoms with van der Waals surface area (Å²) in [7, 11) is 1.63. The monoisotopic (exact) mass is 321 g/mol. The Balaban J connectivity index is 2.14. The van der Waals surface area contributed by atoms with E-state index in [-0.39, 0.29) is 23.3 Å². The van der Waals surface area contributed by atoms with Crippen LogP contribution >= 0.6 is 0 Å². The highest BCUT2D eigenvalue weighted by Gasteiger charge is 2.43. The van der Waals surface area contributed by atoms with E-state index in [9.17, 15) is 14.7 Å². The Morgan fingerprint density at radius 1 is 1.43 bits per heavy atom. The number of rotatable bonds is 3. The number of hydrogen-bond acceptors (Lipinski definition) is 3. The average Bonchev–Trinajstić information content (AvgIpc) is 2.41. The lowest BCUT2D eigenvalue weighted by Gasteiger charge is -2.47. The van der Waals surface area contributed by atoms with Gasteiger partial charge in [-0.15, -0.1) is 0 Å². The molecule has 2 atom stereocenters. The quantitative estimate of drug-likeness (QED) is 0.797. The number of amides is 2. The third-order valence-electron chi connectivity index (χ3n) is 4.51. The van der Waals surface area contributed by atoms with Gasteiger partial charge in [-0.2, -0.15) is 0 Å². The molecule has 23 heavy (non-hydrogen) atoms. The minimum Gasteiger partial charge on any atom is -0.394 e. The van der Waals surface area contributed by atoms with Crippen LogP contribution in [-0.4, -0.2) is 27.9 Å². The van der Waals surface area contributed by atoms with Crippen LogP contribution in [0.4, 0.5) is 10.5 Å². The van der Waals surface area contributed by atoms with Gasteiger partial charge < -0.3 is 20.3 Å². The zero-order valence-corrected chi connectivity index (χ0v) is 14.3. The Morgan fingerprint density at radius 2 is 2.13 bits per heavy atom. The summed E-state index contributed by atoms with van der Waals surface area (Å²) < 4.78 is 1.41. The molecule has 0 radical (unpaired) electrons. The Bertz CT molecular complexity index is 638. The van der Waals surface area contributed by atoms with E-state index in [1.165, 1.54) is 4.57 Å². The number of urea groups is 1. The molecular formula is C17H27N3O3. The molecule has 0 spiro atoms. The second kappa shape index (κ2) is 6.35. The van der Waals surface area contributed by atoms with E-state index in [1.807, 2.05) is 0 Å². The molecule has 1 fully saturated rings. The van der Waals surface area contributed by atoms with Gasteiger partial charge in [0.1, 0.15) is 5.69 Å². The molecule has 0 aliphatic heterocycles. The van der Waals surface area contributed by atoms with Crippen LogP contribution in [0.25, 0.3) is 0 Å². The molecule has 2 amide bonds. The largest absolute Gasteiger partial charge is 0.394 e. The van der Waals surface area contributed by atoms with Crippen molar-refractivity contribution in [3.63, 3.8) is 0 Å². The van der Waals surface area contributed by atoms with Crippen molar-refractivity contribution in [1.82, 2.24) is 9.88 Å². The van der Waals surface area contributed by atoms with Crippen molar-refractivity contribution in [2.45, 2.75) is 45.6 Å². The Labute approximate surface area is 136 Å². The van der Waals surface area contributed by atoms with E-state index in [1.54, 1.807) is 25.4 Å². The summed E-state index contributed by atoms with van der Waals surface area (Å²) in [5, 5.41) is 15.4. The number of pyridine rings is 1. The summed E-state index contributed by atoms with van der Waals surface area (Å²) in [5.41, 5.74) is -0.635. The molecule has 128 valence electrons. The van der Waals surface area contributed by atoms with E-state index in [4.69, 9.17) is 0 Å². The van der Waals surface area contributed by atoms with Gasteiger partial charge >= 0.3 is 6.03 Å². The van der Waals surface area contributed by atoms with Crippen molar-refractivity contribution in [3.8, 4) is 0 Å². The number of aliphatic hydroxyl groups is 1. The van der Waals surface area contributed by atoms with Crippen molar-refractivity contribution in [3.05, 3.63) is 28.7 Å². The van der Waals surface area contributed by atoms with Crippen LogP contribution in [0.3, 0.4) is 0 Å². The van der Waals surface area contributed by atoms with E-state index >= 15 is 0 Å². The van der Waals surface area contributed by atoms with Gasteiger partial charge in [0.2, 0.25) is 0 Å². The van der Waals surface area contributed by atoms with Crippen LogP contribution in [0.15, 0.2) is 23.1 Å². The molecule has 6 heteroatoms. The standard InChI is InChI=1S/C17H27N3O3/c1-12-8-16(2,3)10-17(9-12,11-21)19-15(23)18-13-6-5-7-20(4)14(13)22/h5-7,12,21H,8-11H2,1-4H3,(H2,18,19,23). The highest BCUT2D eigenvalue weighted by atomic mass is 16.3. The summed E-state index contributed by atoms with van der Waals surface area (Å²) in [5.74, 6) is 0.413. The number of aliphatic hydroxyl groups excluding tert-OH is 1. The molecule has 1 aromatic rings. The van der Waals surface area contributed by atoms with Gasteiger partial charge in [0.05, 0.1) is 12.1 Å². The van der Waals surface area contributed by atoms with Gasteiger partial charge in [-0.1, -0.05) is 20.8 Å². The first-order chi connectivity index (χ1) is 10.7. The first-order valence-electron chi connectivity index (χ1n) is 8.02. The van der Waals surface area contributed by atoms with Crippen LogP contribution in [0.1, 0.15) is 40.0 Å². The second-order valence-electron chi connectivity index (χ2n) is 7.71. The highest BCUT2D eigenvalue weighted by Crippen LogP contribution is 2.43. The third-order valence-corrected chi connectivity index (χ3v) is 4.51. The van der Waals surface area contributed by atoms with Crippen LogP contribution in [-0.2, 0) is 7.05 Å². The molecule has 1 saturated carbocycles. The zero-order valence-electron chi connectivity index (χ0n) is 14.3. The van der Waals surface area contributed by atoms with Gasteiger partial charge in [0.25, 0.3) is 5.56 Å². The van der Waals surface area contributed by atoms with E-state index < -0.39 is 11.6 Å². The maximum absolute atomic E-state index is 12.3. The van der Waals surface area contributed by atoms with Gasteiger partial charge in [0, 0.05) is 13.2 Å². The minimum absolute atomic E-state index is 0.0521. The normalized spacial score (nSPS) is 26.6. The third kappa shape index (κ3) is 4.13. The number of carbonyl (C=O) groups excluding carboxylic acids is 1. The predicted octanol–water partition coefficient (Wildman–Crippen LogP) is 2.08. The maximum Gasteiger partial charge on any atom is 0.319 e. The van der Waals surface area contributed by atoms with Gasteiger partial charge in [-0.05, 0) is 42.7 Å². The number of hydrogen-bond donors (Lipinski definition) is 3. The molecule has 1 aliphatic rings. The number of nitrogens with one attached hydrogen (secondary N) is 2. The van der Waals surface area contributed by atoms with Crippen molar-refractivity contribution < 1.29 is 9.90 Å². The zero-order chi connectivity index (χ0) is 17.3. The van der Waals surface area contributed by atoms with E-state index in [2.05, 4.69) is 31.4 Å². The molecule has 3 N–H and O–H groups in total. The highest BCUT2D eigenvalue weighted by molar-refractivity contribution is 5.89. The summed E-state index contributed by atoms with van der Waals surface area (Å²) in [4.78, 5) is 24.3. The fourth-order valence-electron chi connectivity index (χ4n) is 4.08. The Hall–Kier alpha value is -1.82. The molecule has 6 nitrogen and oxygen atoms in total. The summed E-state index contributed by atoms with van der Waals surface area (Å²) in [6.45, 7) is 6.33. The van der Waals surface area contributed by atoms with Crippen LogP contribution in [0, 0.1) is 11.3 Å². The van der Waals surface area contributed by atoms with Gasteiger partial charge in [0.15, 0.2) is 0 Å². The SMILES string of the molecule is CC1CC(C)(C)CC(CO)(NC(=O)Nc2cccn(C)c2=O)C1. The number of nitrogens with zero attached hydrogens (tertiary/aromatic N) is 1. The first kappa shape index (κ1) is 17.5. The van der Waals surface area contributed by atoms with Gasteiger partial charge in [-0.25, -0.2) is 4.79 Å². The fourth-order valence-corrected chi connectivity index (χ4v) is 4.08. The van der Waals surface area contributed by atoms with E-state index in [0.717, 1.165) is 12.8 Å². The lowest BCUT2D eigenvalue weighted by molar-refractivity contribution is 0.0446. The fraction of sp³-hybridized carbons (Fsp3) is 0.647. The number of aryl methyl sites for hydroxylation is 1. The van der Waals surface area contributed by atoms with E-state index in [0.29, 0.717) is 12.3 Å². The maximum atomic E-state index is 12.3. The summed E-state index contributed by atoms with van der Waals surface area (Å²) in [6, 6.07) is 2.82. The molecule has 2 unspecified atom stereocenters. The summed E-state index contributed by atoms with van der Waals surface area (Å²) >= 11 is 0. The van der Waals surface area contributed by atoms with Crippen molar-refractivity contribution >= 4 is 11.7 Å². The van der Waals surface area contributed by atoms with Crippen LogP contribution < -0.4 is 16.2 Å². The number of aromatic nitrogens is 1. The lowest BCUT2D eigenvalue weighted by Crippen LogP contribution is -2.58. The molecular weight excluding hydrogens is 294 g/mol. The molecule has 1 heterocycles. The molecule has 0 aromatic carbocycles. The first-order valence-corrected chi connectivity index (χ1v) is 8.02. The summed E-state index contributed by atoms with van der Waals surface area (Å²) in [6.07, 6.45) is 4.14. The molecule has 0 bridgehead atoms. The topological polar surface area (TPSA) is 83.4 Å². The predicted molar refractivity (Wildman–Crippen MR) is 90.5 cm³/mol.